The van der Waals surface area contributed by atoms with Crippen molar-refractivity contribution in [1.29, 1.82) is 0 Å². The lowest BCUT2D eigenvalue weighted by atomic mass is 10.1. The molecule has 0 bridgehead atoms. The Hall–Kier alpha value is -4.54. The van der Waals surface area contributed by atoms with Gasteiger partial charge in [0, 0.05) is 32.8 Å². The molecule has 0 saturated heterocycles. The first kappa shape index (κ1) is 33.0. The number of rotatable bonds is 9. The first-order chi connectivity index (χ1) is 19.7. The fourth-order valence-corrected chi connectivity index (χ4v) is 5.05. The Morgan fingerprint density at radius 1 is 0.791 bits per heavy atom. The maximum atomic E-state index is 13.9. The van der Waals surface area contributed by atoms with E-state index in [1.807, 2.05) is 0 Å². The van der Waals surface area contributed by atoms with Gasteiger partial charge >= 0.3 is 23.9 Å². The highest BCUT2D eigenvalue weighted by Gasteiger charge is 2.76. The van der Waals surface area contributed by atoms with Crippen LogP contribution in [0.1, 0.15) is 6.92 Å². The van der Waals surface area contributed by atoms with Crippen molar-refractivity contribution in [3.63, 3.8) is 0 Å². The molecule has 0 unspecified atom stereocenters. The number of phenols is 1. The van der Waals surface area contributed by atoms with Crippen LogP contribution in [0.15, 0.2) is 70.5 Å². The van der Waals surface area contributed by atoms with Crippen molar-refractivity contribution in [2.24, 2.45) is 0 Å². The molecule has 3 rings (SSSR count). The molecule has 17 heteroatoms. The van der Waals surface area contributed by atoms with Gasteiger partial charge in [0.25, 0.3) is 0 Å². The number of anilines is 5. The summed E-state index contributed by atoms with van der Waals surface area (Å²) in [5, 5.41) is 16.3. The van der Waals surface area contributed by atoms with Crippen molar-refractivity contribution in [1.82, 2.24) is 0 Å². The highest BCUT2D eigenvalue weighted by molar-refractivity contribution is 7.91. The average molecular weight is 637 g/mol. The first-order valence-electron chi connectivity index (χ1n) is 11.9. The van der Waals surface area contributed by atoms with Crippen LogP contribution in [0.5, 0.6) is 5.75 Å². The molecule has 0 spiro atoms. The number of amides is 2. The summed E-state index contributed by atoms with van der Waals surface area (Å²) in [6, 6.07) is 12.5. The van der Waals surface area contributed by atoms with Crippen LogP contribution in [0.4, 0.5) is 59.2 Å². The lowest BCUT2D eigenvalue weighted by molar-refractivity contribution is -0.343. The number of nitrogens with one attached hydrogen (secondary N) is 3. The maximum absolute atomic E-state index is 13.9. The van der Waals surface area contributed by atoms with Gasteiger partial charge in [-0.3, -0.25) is 9.59 Å². The van der Waals surface area contributed by atoms with Crippen molar-refractivity contribution in [3.8, 4) is 5.75 Å². The second-order valence-corrected chi connectivity index (χ2v) is 11.1. The molecule has 0 aliphatic heterocycles. The highest BCUT2D eigenvalue weighted by atomic mass is 32.2. The van der Waals surface area contributed by atoms with E-state index in [9.17, 15) is 53.8 Å². The van der Waals surface area contributed by atoms with Gasteiger partial charge in [-0.25, -0.2) is 8.42 Å². The monoisotopic (exact) mass is 636 g/mol. The van der Waals surface area contributed by atoms with Crippen molar-refractivity contribution in [2.75, 3.05) is 34.9 Å². The third kappa shape index (κ3) is 6.60. The molecule has 3 aromatic rings. The Bertz CT molecular complexity index is 1650. The van der Waals surface area contributed by atoms with Gasteiger partial charge in [0.1, 0.15) is 5.75 Å². The molecule has 4 N–H and O–H groups in total. The van der Waals surface area contributed by atoms with Crippen molar-refractivity contribution in [3.05, 3.63) is 60.7 Å². The van der Waals surface area contributed by atoms with Gasteiger partial charge in [0.15, 0.2) is 0 Å². The second-order valence-electron chi connectivity index (χ2n) is 9.21. The van der Waals surface area contributed by atoms with Crippen molar-refractivity contribution >= 4 is 50.1 Å². The summed E-state index contributed by atoms with van der Waals surface area (Å²) in [6.45, 7) is 1.04. The molecule has 3 aromatic carbocycles. The summed E-state index contributed by atoms with van der Waals surface area (Å²) in [7, 11) is -0.997. The Morgan fingerprint density at radius 3 is 1.93 bits per heavy atom. The molecule has 9 nitrogen and oxygen atoms in total. The van der Waals surface area contributed by atoms with Crippen LogP contribution in [0.25, 0.3) is 0 Å². The number of carbonyl (C=O) groups excluding carboxylic acids is 2. The van der Waals surface area contributed by atoms with E-state index in [-0.39, 0.29) is 26.9 Å². The van der Waals surface area contributed by atoms with Crippen LogP contribution in [-0.2, 0) is 19.4 Å². The predicted molar refractivity (Wildman–Crippen MR) is 143 cm³/mol. The number of aromatic hydroxyl groups is 1. The minimum Gasteiger partial charge on any atom is -0.506 e. The van der Waals surface area contributed by atoms with E-state index in [1.165, 1.54) is 42.5 Å². The molecule has 0 atom stereocenters. The summed E-state index contributed by atoms with van der Waals surface area (Å²) in [6.07, 6.45) is -6.79. The van der Waals surface area contributed by atoms with E-state index >= 15 is 0 Å². The van der Waals surface area contributed by atoms with Crippen LogP contribution >= 0.6 is 0 Å². The highest BCUT2D eigenvalue weighted by Crippen LogP contribution is 2.47. The normalized spacial score (nSPS) is 12.4. The molecule has 0 saturated carbocycles. The van der Waals surface area contributed by atoms with Gasteiger partial charge in [0.05, 0.1) is 32.5 Å². The molecule has 0 heterocycles. The minimum absolute atomic E-state index is 0.123. The Balaban J connectivity index is 2.16. The number of hydrogen-bond donors (Lipinski definition) is 4. The van der Waals surface area contributed by atoms with Gasteiger partial charge in [-0.15, -0.1) is 0 Å². The molecule has 43 heavy (non-hydrogen) atoms. The fraction of sp³-hybridized carbons (Fsp3) is 0.231. The molecule has 0 aliphatic rings. The lowest BCUT2D eigenvalue weighted by Gasteiger charge is -2.27. The van der Waals surface area contributed by atoms with Crippen molar-refractivity contribution < 1.29 is 53.8 Å². The smallest absolute Gasteiger partial charge is 0.460 e. The zero-order chi connectivity index (χ0) is 32.5. The average Bonchev–Trinajstić information content (AvgIpc) is 2.90. The van der Waals surface area contributed by atoms with Crippen LogP contribution < -0.4 is 20.9 Å². The number of sulfone groups is 1. The number of halogens is 7. The summed E-state index contributed by atoms with van der Waals surface area (Å²) in [5.41, 5.74) is -1.50. The second kappa shape index (κ2) is 11.6. The molecule has 0 fully saturated rings. The Kier molecular flexibility index (Phi) is 8.91. The van der Waals surface area contributed by atoms with Gasteiger partial charge in [-0.1, -0.05) is 18.2 Å². The Morgan fingerprint density at radius 2 is 1.40 bits per heavy atom. The SMILES string of the molecule is CC(=O)Nc1cc(O)c(NC(=O)C(F)(F)C(F)(F)C(F)(F)F)cc1Nc1ccc(N(C)C)cc1S(=O)(=O)c1ccccc1. The van der Waals surface area contributed by atoms with Crippen LogP contribution in [-0.4, -0.2) is 57.5 Å². The summed E-state index contributed by atoms with van der Waals surface area (Å²) >= 11 is 0. The van der Waals surface area contributed by atoms with Gasteiger partial charge in [-0.05, 0) is 36.4 Å². The lowest BCUT2D eigenvalue weighted by Crippen LogP contribution is -2.57. The van der Waals surface area contributed by atoms with Gasteiger partial charge in [-0.2, -0.15) is 30.7 Å². The number of phenolic OH excluding ortho intramolecular Hbond substituents is 1. The number of hydrogen-bond acceptors (Lipinski definition) is 7. The molecular weight excluding hydrogens is 613 g/mol. The minimum atomic E-state index is -6.79. The van der Waals surface area contributed by atoms with E-state index < -0.39 is 51.1 Å². The zero-order valence-corrected chi connectivity index (χ0v) is 23.2. The summed E-state index contributed by atoms with van der Waals surface area (Å²) in [4.78, 5) is 24.8. The largest absolute Gasteiger partial charge is 0.506 e. The van der Waals surface area contributed by atoms with Gasteiger partial charge in [0.2, 0.25) is 15.7 Å². The molecule has 232 valence electrons. The zero-order valence-electron chi connectivity index (χ0n) is 22.4. The van der Waals surface area contributed by atoms with Crippen molar-refractivity contribution in [2.45, 2.75) is 34.7 Å². The molecule has 2 amide bonds. The van der Waals surface area contributed by atoms with Gasteiger partial charge < -0.3 is 26.0 Å². The molecule has 0 radical (unpaired) electrons. The van der Waals surface area contributed by atoms with E-state index in [0.717, 1.165) is 12.2 Å². The molecule has 0 aromatic heterocycles. The summed E-state index contributed by atoms with van der Waals surface area (Å²) < 4.78 is 120. The predicted octanol–water partition coefficient (Wildman–Crippen LogP) is 5.76. The van der Waals surface area contributed by atoms with Crippen LogP contribution in [0.3, 0.4) is 0 Å². The maximum Gasteiger partial charge on any atom is 0.460 e. The third-order valence-electron chi connectivity index (χ3n) is 5.82. The third-order valence-corrected chi connectivity index (χ3v) is 7.63. The topological polar surface area (TPSA) is 128 Å². The molecule has 0 aliphatic carbocycles. The number of alkyl halides is 7. The standard InChI is InChI=1S/C26H23F7N4O5S/c1-14(38)34-19-13-21(39)20(36-23(40)24(27,28)25(29,30)26(31,32)33)12-18(19)35-17-10-9-15(37(2)3)11-22(17)43(41,42)16-7-5-4-6-8-16/h4-13,35,39H,1-3H3,(H,34,38)(H,36,40). The van der Waals surface area contributed by atoms with E-state index in [2.05, 4.69) is 10.6 Å². The number of carbonyl (C=O) groups is 2. The van der Waals surface area contributed by atoms with Crippen LogP contribution in [0.2, 0.25) is 0 Å². The quantitative estimate of drug-likeness (QED) is 0.134. The van der Waals surface area contributed by atoms with Crippen LogP contribution in [0, 0.1) is 0 Å². The van der Waals surface area contributed by atoms with E-state index in [4.69, 9.17) is 0 Å². The Labute approximate surface area is 240 Å². The number of benzene rings is 3. The molecular formula is C26H23F7N4O5S. The fourth-order valence-electron chi connectivity index (χ4n) is 3.59. The van der Waals surface area contributed by atoms with E-state index in [1.54, 1.807) is 25.1 Å². The summed E-state index contributed by atoms with van der Waals surface area (Å²) in [5.74, 6) is -18.0. The van der Waals surface area contributed by atoms with E-state index in [0.29, 0.717) is 17.8 Å². The first-order valence-corrected chi connectivity index (χ1v) is 13.4. The number of nitrogens with zero attached hydrogens (tertiary/aromatic N) is 1.